The van der Waals surface area contributed by atoms with Crippen molar-refractivity contribution >= 4 is 17.6 Å². The van der Waals surface area contributed by atoms with Crippen molar-refractivity contribution in [1.29, 1.82) is 0 Å². The number of pyridine rings is 1. The molecule has 2 aromatic rings. The summed E-state index contributed by atoms with van der Waals surface area (Å²) in [4.78, 5) is 35.5. The number of anilines is 1. The second kappa shape index (κ2) is 11.2. The maximum Gasteiger partial charge on any atom is 0.225 e. The summed E-state index contributed by atoms with van der Waals surface area (Å²) in [6, 6.07) is 5.84. The monoisotopic (exact) mass is 451 g/mol. The highest BCUT2D eigenvalue weighted by molar-refractivity contribution is 6.00. The number of aromatic nitrogens is 3. The van der Waals surface area contributed by atoms with Gasteiger partial charge in [0, 0.05) is 55.6 Å². The Kier molecular flexibility index (Phi) is 7.83. The lowest BCUT2D eigenvalue weighted by atomic mass is 9.88. The number of carbonyl (C=O) groups excluding carboxylic acids is 1. The maximum atomic E-state index is 13.2. The molecule has 0 atom stereocenters. The molecule has 0 bridgehead atoms. The molecule has 2 fully saturated rings. The van der Waals surface area contributed by atoms with Gasteiger partial charge in [-0.05, 0) is 57.8 Å². The predicted octanol–water partition coefficient (Wildman–Crippen LogP) is 2.35. The molecule has 1 amide bonds. The second-order valence-corrected chi connectivity index (χ2v) is 8.71. The van der Waals surface area contributed by atoms with Crippen LogP contribution < -0.4 is 5.73 Å². The first kappa shape index (κ1) is 23.1. The molecule has 9 heteroatoms. The first-order chi connectivity index (χ1) is 16.1. The number of rotatable bonds is 7. The summed E-state index contributed by atoms with van der Waals surface area (Å²) in [5, 5.41) is 4.37. The van der Waals surface area contributed by atoms with Crippen molar-refractivity contribution in [1.82, 2.24) is 24.8 Å². The molecule has 2 aliphatic rings. The molecule has 2 aliphatic heterocycles. The number of hydrogen-bond acceptors (Lipinski definition) is 8. The van der Waals surface area contributed by atoms with E-state index in [1.807, 2.05) is 30.0 Å². The van der Waals surface area contributed by atoms with Crippen LogP contribution in [0.2, 0.25) is 0 Å². The molecule has 4 rings (SSSR count). The van der Waals surface area contributed by atoms with Crippen LogP contribution in [0.4, 0.5) is 5.95 Å². The average Bonchev–Trinajstić information content (AvgIpc) is 2.87. The molecule has 4 heterocycles. The smallest absolute Gasteiger partial charge is 0.225 e. The molecule has 0 spiro atoms. The van der Waals surface area contributed by atoms with Crippen LogP contribution in [0.25, 0.3) is 0 Å². The summed E-state index contributed by atoms with van der Waals surface area (Å²) in [7, 11) is 0. The van der Waals surface area contributed by atoms with Crippen molar-refractivity contribution in [2.24, 2.45) is 17.0 Å². The van der Waals surface area contributed by atoms with Gasteiger partial charge >= 0.3 is 0 Å². The van der Waals surface area contributed by atoms with Crippen molar-refractivity contribution in [3.63, 3.8) is 0 Å². The highest BCUT2D eigenvalue weighted by Crippen LogP contribution is 2.26. The van der Waals surface area contributed by atoms with Gasteiger partial charge in [0.05, 0.1) is 5.69 Å². The van der Waals surface area contributed by atoms with Gasteiger partial charge in [-0.25, -0.2) is 9.97 Å². The Morgan fingerprint density at radius 2 is 1.76 bits per heavy atom. The summed E-state index contributed by atoms with van der Waals surface area (Å²) < 4.78 is 0. The largest absolute Gasteiger partial charge is 0.396 e. The zero-order chi connectivity index (χ0) is 23.0. The first-order valence-corrected chi connectivity index (χ1v) is 11.8. The zero-order valence-electron chi connectivity index (χ0n) is 19.3. The topological polar surface area (TPSA) is 110 Å². The van der Waals surface area contributed by atoms with Crippen molar-refractivity contribution in [3.05, 3.63) is 48.0 Å². The molecule has 0 aliphatic carbocycles. The fourth-order valence-corrected chi connectivity index (χ4v) is 4.65. The van der Waals surface area contributed by atoms with Gasteiger partial charge in [-0.15, -0.1) is 0 Å². The number of hydrogen-bond donors (Lipinski definition) is 1. The Labute approximate surface area is 195 Å². The quantitative estimate of drug-likeness (QED) is 0.508. The minimum Gasteiger partial charge on any atom is -0.396 e. The minimum absolute atomic E-state index is 0.104. The summed E-state index contributed by atoms with van der Waals surface area (Å²) in [5.41, 5.74) is 8.36. The molecule has 0 unspecified atom stereocenters. The van der Waals surface area contributed by atoms with Crippen LogP contribution in [0, 0.1) is 11.8 Å². The molecule has 0 saturated carbocycles. The van der Waals surface area contributed by atoms with Crippen LogP contribution in [0.1, 0.15) is 43.9 Å². The lowest BCUT2D eigenvalue weighted by Gasteiger charge is -2.37. The molecular formula is C24H33N7O2. The lowest BCUT2D eigenvalue weighted by molar-refractivity contribution is -0.138. The fourth-order valence-electron chi connectivity index (χ4n) is 4.65. The Balaban J connectivity index is 1.27. The van der Waals surface area contributed by atoms with Gasteiger partial charge in [-0.2, -0.15) is 0 Å². The molecule has 33 heavy (non-hydrogen) atoms. The highest BCUT2D eigenvalue weighted by Gasteiger charge is 2.32. The molecule has 0 aromatic carbocycles. The first-order valence-electron chi connectivity index (χ1n) is 11.8. The van der Waals surface area contributed by atoms with E-state index in [0.29, 0.717) is 18.5 Å². The van der Waals surface area contributed by atoms with Crippen molar-refractivity contribution < 1.29 is 9.63 Å². The number of oxime groups is 1. The van der Waals surface area contributed by atoms with Crippen LogP contribution in [-0.4, -0.2) is 69.2 Å². The zero-order valence-corrected chi connectivity index (χ0v) is 19.3. The van der Waals surface area contributed by atoms with E-state index in [-0.39, 0.29) is 11.8 Å². The Bertz CT molecular complexity index is 920. The van der Waals surface area contributed by atoms with Gasteiger partial charge in [-0.1, -0.05) is 11.2 Å². The summed E-state index contributed by atoms with van der Waals surface area (Å²) >= 11 is 0. The number of nitrogens with zero attached hydrogens (tertiary/aromatic N) is 6. The third kappa shape index (κ3) is 6.04. The van der Waals surface area contributed by atoms with E-state index in [1.54, 1.807) is 18.6 Å². The van der Waals surface area contributed by atoms with Crippen LogP contribution in [0.15, 0.2) is 41.9 Å². The SMILES string of the molecule is CCO/N=C(\c1ccccn1)C1CCN(C(=O)C2CCN(Cc3cnc(N)nc3)CC2)CC1. The Morgan fingerprint density at radius 3 is 2.39 bits per heavy atom. The van der Waals surface area contributed by atoms with Crippen molar-refractivity contribution in [2.75, 3.05) is 38.5 Å². The maximum absolute atomic E-state index is 13.2. The average molecular weight is 452 g/mol. The number of likely N-dealkylation sites (tertiary alicyclic amines) is 2. The summed E-state index contributed by atoms with van der Waals surface area (Å²) in [6.07, 6.45) is 8.87. The minimum atomic E-state index is 0.104. The molecule has 9 nitrogen and oxygen atoms in total. The number of nitrogen functional groups attached to an aromatic ring is 1. The number of nitrogens with two attached hydrogens (primary N) is 1. The molecule has 176 valence electrons. The number of piperidine rings is 2. The Morgan fingerprint density at radius 1 is 1.06 bits per heavy atom. The Hall–Kier alpha value is -3.07. The van der Waals surface area contributed by atoms with E-state index in [9.17, 15) is 4.79 Å². The van der Waals surface area contributed by atoms with Crippen molar-refractivity contribution in [3.8, 4) is 0 Å². The second-order valence-electron chi connectivity index (χ2n) is 8.71. The van der Waals surface area contributed by atoms with Crippen LogP contribution in [0.5, 0.6) is 0 Å². The number of carbonyl (C=O) groups is 1. The standard InChI is InChI=1S/C24H33N7O2/c1-2-33-29-22(21-5-3-4-10-26-21)19-8-13-31(14-9-19)23(32)20-6-11-30(12-7-20)17-18-15-27-24(25)28-16-18/h3-5,10,15-16,19-20H,2,6-9,11-14,17H2,1H3,(H2,25,27,28)/b29-22-. The van der Waals surface area contributed by atoms with Gasteiger partial charge in [0.25, 0.3) is 0 Å². The normalized spacial score (nSPS) is 18.9. The third-order valence-electron chi connectivity index (χ3n) is 6.48. The summed E-state index contributed by atoms with van der Waals surface area (Å²) in [5.74, 6) is 0.945. The fraction of sp³-hybridized carbons (Fsp3) is 0.542. The predicted molar refractivity (Wildman–Crippen MR) is 126 cm³/mol. The van der Waals surface area contributed by atoms with Crippen LogP contribution in [0.3, 0.4) is 0 Å². The van der Waals surface area contributed by atoms with E-state index < -0.39 is 0 Å². The van der Waals surface area contributed by atoms with Gasteiger partial charge in [-0.3, -0.25) is 14.7 Å². The lowest BCUT2D eigenvalue weighted by Crippen LogP contribution is -2.46. The van der Waals surface area contributed by atoms with Gasteiger partial charge in [0.15, 0.2) is 0 Å². The third-order valence-corrected chi connectivity index (χ3v) is 6.48. The number of amides is 1. The molecule has 2 aromatic heterocycles. The van der Waals surface area contributed by atoms with E-state index in [4.69, 9.17) is 10.6 Å². The van der Waals surface area contributed by atoms with E-state index >= 15 is 0 Å². The van der Waals surface area contributed by atoms with Crippen LogP contribution in [-0.2, 0) is 16.2 Å². The molecule has 2 saturated heterocycles. The van der Waals surface area contributed by atoms with Crippen molar-refractivity contribution in [2.45, 2.75) is 39.2 Å². The molecular weight excluding hydrogens is 418 g/mol. The van der Waals surface area contributed by atoms with Gasteiger partial charge < -0.3 is 15.5 Å². The van der Waals surface area contributed by atoms with Gasteiger partial charge in [0.2, 0.25) is 11.9 Å². The molecule has 0 radical (unpaired) electrons. The van der Waals surface area contributed by atoms with Crippen LogP contribution >= 0.6 is 0 Å². The van der Waals surface area contributed by atoms with E-state index in [0.717, 1.165) is 75.4 Å². The molecule has 2 N–H and O–H groups in total. The summed E-state index contributed by atoms with van der Waals surface area (Å²) in [6.45, 7) is 6.56. The highest BCUT2D eigenvalue weighted by atomic mass is 16.6. The van der Waals surface area contributed by atoms with E-state index in [2.05, 4.69) is 25.0 Å². The van der Waals surface area contributed by atoms with E-state index in [1.165, 1.54) is 0 Å². The van der Waals surface area contributed by atoms with Gasteiger partial charge in [0.1, 0.15) is 12.3 Å².